The Hall–Kier alpha value is -1.57. The number of hydrogen-bond acceptors (Lipinski definition) is 1. The van der Waals surface area contributed by atoms with E-state index in [-0.39, 0.29) is 11.9 Å². The maximum Gasteiger partial charge on any atom is 0.225 e. The summed E-state index contributed by atoms with van der Waals surface area (Å²) in [6, 6.07) is 10.4. The third-order valence-electron chi connectivity index (χ3n) is 2.57. The summed E-state index contributed by atoms with van der Waals surface area (Å²) in [5.74, 6) is 0.221. The Kier molecular flexibility index (Phi) is 2.35. The molecule has 1 atom stereocenters. The van der Waals surface area contributed by atoms with Crippen LogP contribution in [0.2, 0.25) is 0 Å². The van der Waals surface area contributed by atoms with Crippen LogP contribution in [0.15, 0.2) is 43.0 Å². The van der Waals surface area contributed by atoms with E-state index in [0.29, 0.717) is 13.0 Å². The second kappa shape index (κ2) is 3.66. The molecule has 1 unspecified atom stereocenters. The van der Waals surface area contributed by atoms with E-state index in [2.05, 4.69) is 18.7 Å². The second-order valence-corrected chi connectivity index (χ2v) is 3.47. The standard InChI is InChI=1S/C12H13NO/c1-2-8-13-11(9-12(13)14)10-6-4-3-5-7-10/h2-7,11H,1,8-9H2. The van der Waals surface area contributed by atoms with E-state index in [1.54, 1.807) is 6.08 Å². The number of hydrogen-bond donors (Lipinski definition) is 0. The summed E-state index contributed by atoms with van der Waals surface area (Å²) in [6.07, 6.45) is 2.41. The first kappa shape index (κ1) is 9.00. The fourth-order valence-corrected chi connectivity index (χ4v) is 1.80. The van der Waals surface area contributed by atoms with Gasteiger partial charge in [0.15, 0.2) is 0 Å². The summed E-state index contributed by atoms with van der Waals surface area (Å²) >= 11 is 0. The van der Waals surface area contributed by atoms with Gasteiger partial charge in [-0.15, -0.1) is 6.58 Å². The number of likely N-dealkylation sites (tertiary alicyclic amines) is 1. The molecule has 0 saturated carbocycles. The Labute approximate surface area is 83.8 Å². The Balaban J connectivity index is 2.13. The molecule has 2 rings (SSSR count). The SMILES string of the molecule is C=CCN1C(=O)CC1c1ccccc1. The normalized spacial score (nSPS) is 20.4. The molecule has 1 fully saturated rings. The van der Waals surface area contributed by atoms with Crippen LogP contribution in [0.25, 0.3) is 0 Å². The second-order valence-electron chi connectivity index (χ2n) is 3.47. The Morgan fingerprint density at radius 1 is 1.43 bits per heavy atom. The third-order valence-corrected chi connectivity index (χ3v) is 2.57. The van der Waals surface area contributed by atoms with Crippen LogP contribution in [0.4, 0.5) is 0 Å². The van der Waals surface area contributed by atoms with Crippen molar-refractivity contribution in [3.63, 3.8) is 0 Å². The molecular formula is C12H13NO. The zero-order chi connectivity index (χ0) is 9.97. The molecular weight excluding hydrogens is 174 g/mol. The molecule has 1 aromatic rings. The van der Waals surface area contributed by atoms with E-state index in [9.17, 15) is 4.79 Å². The summed E-state index contributed by atoms with van der Waals surface area (Å²) in [6.45, 7) is 4.30. The van der Waals surface area contributed by atoms with Gasteiger partial charge in [0.2, 0.25) is 5.91 Å². The van der Waals surface area contributed by atoms with E-state index in [0.717, 1.165) is 0 Å². The Morgan fingerprint density at radius 3 is 2.71 bits per heavy atom. The van der Waals surface area contributed by atoms with Crippen molar-refractivity contribution in [2.75, 3.05) is 6.54 Å². The highest BCUT2D eigenvalue weighted by Gasteiger charge is 2.35. The number of benzene rings is 1. The van der Waals surface area contributed by atoms with E-state index < -0.39 is 0 Å². The predicted octanol–water partition coefficient (Wildman–Crippen LogP) is 2.15. The van der Waals surface area contributed by atoms with Crippen LogP contribution in [0.1, 0.15) is 18.0 Å². The smallest absolute Gasteiger partial charge is 0.225 e. The Bertz CT molecular complexity index is 345. The van der Waals surface area contributed by atoms with Crippen molar-refractivity contribution < 1.29 is 4.79 Å². The van der Waals surface area contributed by atoms with Crippen LogP contribution in [-0.4, -0.2) is 17.4 Å². The van der Waals surface area contributed by atoms with Gasteiger partial charge in [0, 0.05) is 6.54 Å². The summed E-state index contributed by atoms with van der Waals surface area (Å²) in [4.78, 5) is 13.1. The highest BCUT2D eigenvalue weighted by molar-refractivity contribution is 5.83. The van der Waals surface area contributed by atoms with E-state index >= 15 is 0 Å². The van der Waals surface area contributed by atoms with Crippen molar-refractivity contribution in [2.45, 2.75) is 12.5 Å². The number of carbonyl (C=O) groups excluding carboxylic acids is 1. The lowest BCUT2D eigenvalue weighted by Crippen LogP contribution is -2.46. The zero-order valence-corrected chi connectivity index (χ0v) is 8.02. The van der Waals surface area contributed by atoms with Crippen molar-refractivity contribution >= 4 is 5.91 Å². The van der Waals surface area contributed by atoms with Crippen molar-refractivity contribution in [2.24, 2.45) is 0 Å². The van der Waals surface area contributed by atoms with Gasteiger partial charge in [0.1, 0.15) is 0 Å². The molecule has 1 heterocycles. The van der Waals surface area contributed by atoms with Gasteiger partial charge in [-0.1, -0.05) is 36.4 Å². The van der Waals surface area contributed by atoms with Crippen LogP contribution in [-0.2, 0) is 4.79 Å². The van der Waals surface area contributed by atoms with Crippen LogP contribution in [0, 0.1) is 0 Å². The molecule has 14 heavy (non-hydrogen) atoms. The minimum absolute atomic E-state index is 0.221. The van der Waals surface area contributed by atoms with Gasteiger partial charge < -0.3 is 4.90 Å². The number of amides is 1. The minimum Gasteiger partial charge on any atom is -0.331 e. The van der Waals surface area contributed by atoms with E-state index in [1.807, 2.05) is 23.1 Å². The molecule has 1 saturated heterocycles. The van der Waals surface area contributed by atoms with E-state index in [4.69, 9.17) is 0 Å². The number of nitrogens with zero attached hydrogens (tertiary/aromatic N) is 1. The van der Waals surface area contributed by atoms with Crippen LogP contribution in [0.3, 0.4) is 0 Å². The van der Waals surface area contributed by atoms with Crippen molar-refractivity contribution in [3.05, 3.63) is 48.6 Å². The topological polar surface area (TPSA) is 20.3 Å². The third kappa shape index (κ3) is 1.43. The average Bonchev–Trinajstić information content (AvgIpc) is 2.24. The van der Waals surface area contributed by atoms with Gasteiger partial charge in [0.05, 0.1) is 12.5 Å². The molecule has 0 N–H and O–H groups in total. The van der Waals surface area contributed by atoms with Crippen LogP contribution >= 0.6 is 0 Å². The first-order valence-corrected chi connectivity index (χ1v) is 4.78. The van der Waals surface area contributed by atoms with Gasteiger partial charge in [-0.2, -0.15) is 0 Å². The predicted molar refractivity (Wildman–Crippen MR) is 55.7 cm³/mol. The lowest BCUT2D eigenvalue weighted by atomic mass is 9.94. The summed E-state index contributed by atoms with van der Waals surface area (Å²) in [5.41, 5.74) is 1.22. The molecule has 1 amide bonds. The lowest BCUT2D eigenvalue weighted by molar-refractivity contribution is -0.145. The summed E-state index contributed by atoms with van der Waals surface area (Å²) < 4.78 is 0. The van der Waals surface area contributed by atoms with Crippen molar-refractivity contribution in [1.29, 1.82) is 0 Å². The maximum absolute atomic E-state index is 11.3. The number of rotatable bonds is 3. The molecule has 2 heteroatoms. The number of β-lactam (4-membered cyclic amide) rings is 1. The van der Waals surface area contributed by atoms with Crippen molar-refractivity contribution in [1.82, 2.24) is 4.90 Å². The quantitative estimate of drug-likeness (QED) is 0.524. The Morgan fingerprint density at radius 2 is 2.14 bits per heavy atom. The van der Waals surface area contributed by atoms with Gasteiger partial charge in [-0.3, -0.25) is 4.79 Å². The monoisotopic (exact) mass is 187 g/mol. The molecule has 72 valence electrons. The first-order chi connectivity index (χ1) is 6.83. The van der Waals surface area contributed by atoms with Gasteiger partial charge in [-0.05, 0) is 5.56 Å². The molecule has 0 radical (unpaired) electrons. The fraction of sp³-hybridized carbons (Fsp3) is 0.250. The van der Waals surface area contributed by atoms with Gasteiger partial charge in [-0.25, -0.2) is 0 Å². The lowest BCUT2D eigenvalue weighted by Gasteiger charge is -2.40. The van der Waals surface area contributed by atoms with E-state index in [1.165, 1.54) is 5.56 Å². The highest BCUT2D eigenvalue weighted by Crippen LogP contribution is 2.33. The number of carbonyl (C=O) groups is 1. The first-order valence-electron chi connectivity index (χ1n) is 4.78. The molecule has 2 nitrogen and oxygen atoms in total. The maximum atomic E-state index is 11.3. The fourth-order valence-electron chi connectivity index (χ4n) is 1.80. The molecule has 0 aromatic heterocycles. The van der Waals surface area contributed by atoms with Gasteiger partial charge in [0.25, 0.3) is 0 Å². The van der Waals surface area contributed by atoms with Crippen LogP contribution in [0.5, 0.6) is 0 Å². The molecule has 1 aliphatic rings. The van der Waals surface area contributed by atoms with Gasteiger partial charge >= 0.3 is 0 Å². The largest absolute Gasteiger partial charge is 0.331 e. The highest BCUT2D eigenvalue weighted by atomic mass is 16.2. The summed E-state index contributed by atoms with van der Waals surface area (Å²) in [7, 11) is 0. The molecule has 0 bridgehead atoms. The molecule has 0 aliphatic carbocycles. The van der Waals surface area contributed by atoms with Crippen LogP contribution < -0.4 is 0 Å². The van der Waals surface area contributed by atoms with Crippen molar-refractivity contribution in [3.8, 4) is 0 Å². The molecule has 0 spiro atoms. The minimum atomic E-state index is 0.221. The average molecular weight is 187 g/mol. The summed E-state index contributed by atoms with van der Waals surface area (Å²) in [5, 5.41) is 0. The molecule has 1 aliphatic heterocycles. The molecule has 1 aromatic carbocycles. The zero-order valence-electron chi connectivity index (χ0n) is 8.02.